The van der Waals surface area contributed by atoms with Gasteiger partial charge in [0.25, 0.3) is 0 Å². The minimum atomic E-state index is 0.900. The summed E-state index contributed by atoms with van der Waals surface area (Å²) >= 11 is 0. The smallest absolute Gasteiger partial charge is 0.116 e. The second-order valence-corrected chi connectivity index (χ2v) is 11.1. The molecule has 0 aliphatic heterocycles. The highest BCUT2D eigenvalue weighted by Crippen LogP contribution is 2.38. The molecule has 0 N–H and O–H groups in total. The van der Waals surface area contributed by atoms with Gasteiger partial charge >= 0.3 is 0 Å². The van der Waals surface area contributed by atoms with E-state index in [4.69, 9.17) is 9.97 Å². The average molecular weight is 563 g/mol. The Labute approximate surface area is 254 Å². The highest BCUT2D eigenvalue weighted by Gasteiger charge is 2.20. The molecular weight excluding hydrogens is 536 g/mol. The van der Waals surface area contributed by atoms with E-state index < -0.39 is 0 Å². The lowest BCUT2D eigenvalue weighted by molar-refractivity contribution is 1.16. The molecule has 0 saturated heterocycles. The molecule has 206 valence electrons. The fourth-order valence-corrected chi connectivity index (χ4v) is 6.56. The molecule has 0 aliphatic rings. The molecule has 0 bridgehead atoms. The van der Waals surface area contributed by atoms with Crippen LogP contribution in [0.25, 0.3) is 77.6 Å². The van der Waals surface area contributed by atoms with Crippen molar-refractivity contribution in [2.75, 3.05) is 0 Å². The third-order valence-electron chi connectivity index (χ3n) is 8.54. The van der Waals surface area contributed by atoms with E-state index >= 15 is 0 Å². The van der Waals surface area contributed by atoms with Crippen molar-refractivity contribution in [3.05, 3.63) is 158 Å². The molecule has 9 aromatic rings. The maximum atomic E-state index is 5.38. The monoisotopic (exact) mass is 562 g/mol. The van der Waals surface area contributed by atoms with Crippen molar-refractivity contribution in [1.82, 2.24) is 19.1 Å². The minimum absolute atomic E-state index is 0.900. The standard InChI is InChI=1S/C40H26N4/c1-3-12-27(13-4-1)29-16-9-18-31(24-29)43-34-21-8-7-20-33(34)38-36(43)26-37-40(42-38)39-35(22-11-23-41-39)44(37)32-19-10-17-30(25-32)28-14-5-2-6-15-28/h1-26H. The van der Waals surface area contributed by atoms with E-state index in [0.717, 1.165) is 55.4 Å². The lowest BCUT2D eigenvalue weighted by Crippen LogP contribution is -1.97. The van der Waals surface area contributed by atoms with Gasteiger partial charge in [-0.3, -0.25) is 4.98 Å². The fraction of sp³-hybridized carbons (Fsp3) is 0. The molecule has 0 unspecified atom stereocenters. The maximum absolute atomic E-state index is 5.38. The van der Waals surface area contributed by atoms with Gasteiger partial charge in [0.2, 0.25) is 0 Å². The van der Waals surface area contributed by atoms with Crippen molar-refractivity contribution in [3.63, 3.8) is 0 Å². The molecule has 4 heteroatoms. The minimum Gasteiger partial charge on any atom is -0.308 e. The SMILES string of the molecule is c1ccc(-c2cccc(-n3c4ccccc4c4nc5c6ncccc6n(-c6cccc(-c7ccccc7)c6)c5cc43)c2)cc1. The Morgan fingerprint density at radius 1 is 0.364 bits per heavy atom. The van der Waals surface area contributed by atoms with Crippen LogP contribution in [0, 0.1) is 0 Å². The van der Waals surface area contributed by atoms with E-state index in [0.29, 0.717) is 0 Å². The first-order chi connectivity index (χ1) is 21.8. The number of aromatic nitrogens is 4. The molecule has 4 nitrogen and oxygen atoms in total. The zero-order chi connectivity index (χ0) is 29.0. The highest BCUT2D eigenvalue weighted by molar-refractivity contribution is 6.14. The summed E-state index contributed by atoms with van der Waals surface area (Å²) in [5, 5.41) is 1.12. The Morgan fingerprint density at radius 2 is 0.909 bits per heavy atom. The molecule has 0 radical (unpaired) electrons. The van der Waals surface area contributed by atoms with Gasteiger partial charge < -0.3 is 9.13 Å². The highest BCUT2D eigenvalue weighted by atomic mass is 15.0. The summed E-state index contributed by atoms with van der Waals surface area (Å²) in [5.41, 5.74) is 13.9. The fourth-order valence-electron chi connectivity index (χ4n) is 6.56. The Bertz CT molecular complexity index is 2320. The van der Waals surface area contributed by atoms with Crippen molar-refractivity contribution < 1.29 is 0 Å². The third kappa shape index (κ3) is 3.78. The Morgan fingerprint density at radius 3 is 1.59 bits per heavy atom. The van der Waals surface area contributed by atoms with Crippen LogP contribution in [-0.2, 0) is 0 Å². The molecule has 4 aromatic heterocycles. The van der Waals surface area contributed by atoms with Crippen LogP contribution < -0.4 is 0 Å². The van der Waals surface area contributed by atoms with E-state index in [9.17, 15) is 0 Å². The summed E-state index contributed by atoms with van der Waals surface area (Å²) in [4.78, 5) is 10.2. The number of para-hydroxylation sites is 1. The zero-order valence-electron chi connectivity index (χ0n) is 23.8. The third-order valence-corrected chi connectivity index (χ3v) is 8.54. The van der Waals surface area contributed by atoms with E-state index in [2.05, 4.69) is 155 Å². The van der Waals surface area contributed by atoms with Gasteiger partial charge in [0, 0.05) is 23.0 Å². The van der Waals surface area contributed by atoms with E-state index in [1.807, 2.05) is 12.3 Å². The molecular formula is C40H26N4. The van der Waals surface area contributed by atoms with Crippen LogP contribution in [0.1, 0.15) is 0 Å². The van der Waals surface area contributed by atoms with Gasteiger partial charge in [-0.1, -0.05) is 103 Å². The van der Waals surface area contributed by atoms with Crippen LogP contribution >= 0.6 is 0 Å². The number of benzene rings is 5. The van der Waals surface area contributed by atoms with Gasteiger partial charge in [-0.05, 0) is 70.8 Å². The van der Waals surface area contributed by atoms with Gasteiger partial charge in [0.1, 0.15) is 11.0 Å². The predicted molar refractivity (Wildman–Crippen MR) is 182 cm³/mol. The number of pyridine rings is 2. The lowest BCUT2D eigenvalue weighted by atomic mass is 10.1. The van der Waals surface area contributed by atoms with Crippen molar-refractivity contribution in [3.8, 4) is 33.6 Å². The molecule has 0 aliphatic carbocycles. The normalized spacial score (nSPS) is 11.6. The summed E-state index contributed by atoms with van der Waals surface area (Å²) < 4.78 is 4.65. The van der Waals surface area contributed by atoms with Crippen LogP contribution in [0.4, 0.5) is 0 Å². The Hall–Kier alpha value is -6.00. The average Bonchev–Trinajstić information content (AvgIpc) is 3.60. The Balaban J connectivity index is 1.35. The maximum Gasteiger partial charge on any atom is 0.116 e. The number of fused-ring (bicyclic) bond motifs is 6. The molecule has 44 heavy (non-hydrogen) atoms. The molecule has 5 aromatic carbocycles. The van der Waals surface area contributed by atoms with Crippen LogP contribution in [0.3, 0.4) is 0 Å². The van der Waals surface area contributed by atoms with E-state index in [1.165, 1.54) is 22.3 Å². The van der Waals surface area contributed by atoms with E-state index in [1.54, 1.807) is 0 Å². The summed E-state index contributed by atoms with van der Waals surface area (Å²) in [5.74, 6) is 0. The van der Waals surface area contributed by atoms with Gasteiger partial charge in [-0.15, -0.1) is 0 Å². The number of nitrogens with zero attached hydrogens (tertiary/aromatic N) is 4. The quantitative estimate of drug-likeness (QED) is 0.214. The summed E-state index contributed by atoms with van der Waals surface area (Å²) in [6.07, 6.45) is 1.86. The van der Waals surface area contributed by atoms with Crippen LogP contribution in [0.15, 0.2) is 158 Å². The van der Waals surface area contributed by atoms with E-state index in [-0.39, 0.29) is 0 Å². The molecule has 0 spiro atoms. The molecule has 0 saturated carbocycles. The van der Waals surface area contributed by atoms with Crippen molar-refractivity contribution in [1.29, 1.82) is 0 Å². The first-order valence-corrected chi connectivity index (χ1v) is 14.8. The molecule has 0 fully saturated rings. The van der Waals surface area contributed by atoms with Crippen molar-refractivity contribution in [2.45, 2.75) is 0 Å². The van der Waals surface area contributed by atoms with Crippen molar-refractivity contribution in [2.24, 2.45) is 0 Å². The number of hydrogen-bond donors (Lipinski definition) is 0. The first-order valence-electron chi connectivity index (χ1n) is 14.8. The van der Waals surface area contributed by atoms with Gasteiger partial charge in [0.15, 0.2) is 0 Å². The largest absolute Gasteiger partial charge is 0.308 e. The topological polar surface area (TPSA) is 35.6 Å². The Kier molecular flexibility index (Phi) is 5.47. The van der Waals surface area contributed by atoms with Crippen LogP contribution in [-0.4, -0.2) is 19.1 Å². The lowest BCUT2D eigenvalue weighted by Gasteiger charge is -2.12. The molecule has 0 amide bonds. The zero-order valence-corrected chi connectivity index (χ0v) is 23.8. The summed E-state index contributed by atoms with van der Waals surface area (Å²) in [7, 11) is 0. The first kappa shape index (κ1) is 24.6. The van der Waals surface area contributed by atoms with Gasteiger partial charge in [0.05, 0.1) is 27.6 Å². The number of rotatable bonds is 4. The van der Waals surface area contributed by atoms with Gasteiger partial charge in [-0.25, -0.2) is 4.98 Å². The predicted octanol–water partition coefficient (Wildman–Crippen LogP) is 10.0. The summed E-state index contributed by atoms with van der Waals surface area (Å²) in [6, 6.07) is 53.5. The second kappa shape index (κ2) is 9.79. The van der Waals surface area contributed by atoms with Gasteiger partial charge in [-0.2, -0.15) is 0 Å². The number of hydrogen-bond acceptors (Lipinski definition) is 2. The molecule has 4 heterocycles. The second-order valence-electron chi connectivity index (χ2n) is 11.1. The summed E-state index contributed by atoms with van der Waals surface area (Å²) in [6.45, 7) is 0. The molecule has 9 rings (SSSR count). The van der Waals surface area contributed by atoms with Crippen molar-refractivity contribution >= 4 is 44.0 Å². The molecule has 0 atom stereocenters. The van der Waals surface area contributed by atoms with Crippen LogP contribution in [0.2, 0.25) is 0 Å². The van der Waals surface area contributed by atoms with Crippen LogP contribution in [0.5, 0.6) is 0 Å².